The Hall–Kier alpha value is -1.76. The molecule has 1 unspecified atom stereocenters. The fourth-order valence-electron chi connectivity index (χ4n) is 1.78. The highest BCUT2D eigenvalue weighted by molar-refractivity contribution is 7.15. The Kier molecular flexibility index (Phi) is 4.72. The fourth-order valence-corrected chi connectivity index (χ4v) is 2.55. The summed E-state index contributed by atoms with van der Waals surface area (Å²) in [5.74, 6) is 0.735. The monoisotopic (exact) mass is 316 g/mol. The number of halogens is 3. The Balaban J connectivity index is 2.09. The molecule has 0 saturated heterocycles. The van der Waals surface area contributed by atoms with Gasteiger partial charge in [0.2, 0.25) is 0 Å². The summed E-state index contributed by atoms with van der Waals surface area (Å²) in [7, 11) is 0. The van der Waals surface area contributed by atoms with E-state index in [1.165, 1.54) is 0 Å². The van der Waals surface area contributed by atoms with E-state index in [9.17, 15) is 13.2 Å². The zero-order valence-corrected chi connectivity index (χ0v) is 12.4. The maximum Gasteiger partial charge on any atom is 0.427 e. The summed E-state index contributed by atoms with van der Waals surface area (Å²) in [4.78, 5) is 3.05. The standard InChI is InChI=1S/C14H15F3N2OS/c1-3-20-11-6-4-5-10(7-11)9(2)19-13-18-8-12(21-13)14(15,16)17/h4-9H,3H2,1-2H3,(H,18,19). The van der Waals surface area contributed by atoms with Gasteiger partial charge in [0.25, 0.3) is 0 Å². The van der Waals surface area contributed by atoms with Crippen LogP contribution in [0.3, 0.4) is 0 Å². The molecule has 1 heterocycles. The summed E-state index contributed by atoms with van der Waals surface area (Å²) in [5, 5.41) is 3.22. The number of nitrogens with zero attached hydrogens (tertiary/aromatic N) is 1. The summed E-state index contributed by atoms with van der Waals surface area (Å²) in [6.45, 7) is 4.31. The molecule has 0 radical (unpaired) electrons. The molecule has 114 valence electrons. The summed E-state index contributed by atoms with van der Waals surface area (Å²) < 4.78 is 43.0. The van der Waals surface area contributed by atoms with Gasteiger partial charge in [0.1, 0.15) is 10.6 Å². The molecule has 1 aromatic heterocycles. The SMILES string of the molecule is CCOc1cccc(C(C)Nc2ncc(C(F)(F)F)s2)c1. The molecule has 0 aliphatic carbocycles. The smallest absolute Gasteiger partial charge is 0.427 e. The molecule has 0 aliphatic heterocycles. The van der Waals surface area contributed by atoms with Gasteiger partial charge in [0.05, 0.1) is 18.8 Å². The van der Waals surface area contributed by atoms with Crippen LogP contribution < -0.4 is 10.1 Å². The van der Waals surface area contributed by atoms with Gasteiger partial charge < -0.3 is 10.1 Å². The van der Waals surface area contributed by atoms with E-state index in [-0.39, 0.29) is 11.2 Å². The lowest BCUT2D eigenvalue weighted by atomic mass is 10.1. The lowest BCUT2D eigenvalue weighted by Crippen LogP contribution is -2.06. The summed E-state index contributed by atoms with van der Waals surface area (Å²) in [6.07, 6.45) is -3.51. The lowest BCUT2D eigenvalue weighted by molar-refractivity contribution is -0.134. The van der Waals surface area contributed by atoms with Crippen LogP contribution in [-0.4, -0.2) is 11.6 Å². The minimum absolute atomic E-state index is 0.169. The Morgan fingerprint density at radius 2 is 2.14 bits per heavy atom. The molecule has 0 fully saturated rings. The number of nitrogens with one attached hydrogen (secondary N) is 1. The Morgan fingerprint density at radius 3 is 2.76 bits per heavy atom. The van der Waals surface area contributed by atoms with Gasteiger partial charge in [-0.15, -0.1) is 0 Å². The van der Waals surface area contributed by atoms with Crippen LogP contribution in [0.5, 0.6) is 5.75 Å². The maximum atomic E-state index is 12.5. The highest BCUT2D eigenvalue weighted by Crippen LogP contribution is 2.36. The molecule has 0 spiro atoms. The molecule has 1 N–H and O–H groups in total. The molecule has 3 nitrogen and oxygen atoms in total. The summed E-state index contributed by atoms with van der Waals surface area (Å²) in [5.41, 5.74) is 0.921. The molecule has 1 aromatic carbocycles. The van der Waals surface area contributed by atoms with Gasteiger partial charge in [0, 0.05) is 0 Å². The van der Waals surface area contributed by atoms with Crippen LogP contribution in [-0.2, 0) is 6.18 Å². The summed E-state index contributed by atoms with van der Waals surface area (Å²) >= 11 is 0.599. The second kappa shape index (κ2) is 6.34. The van der Waals surface area contributed by atoms with E-state index < -0.39 is 11.1 Å². The topological polar surface area (TPSA) is 34.1 Å². The van der Waals surface area contributed by atoms with Crippen molar-refractivity contribution in [2.75, 3.05) is 11.9 Å². The van der Waals surface area contributed by atoms with E-state index in [4.69, 9.17) is 4.74 Å². The van der Waals surface area contributed by atoms with E-state index in [0.29, 0.717) is 17.9 Å². The molecular formula is C14H15F3N2OS. The summed E-state index contributed by atoms with van der Waals surface area (Å²) in [6, 6.07) is 7.27. The number of benzene rings is 1. The van der Waals surface area contributed by atoms with Crippen molar-refractivity contribution in [2.24, 2.45) is 0 Å². The first-order valence-corrected chi connectivity index (χ1v) is 7.24. The molecule has 2 rings (SSSR count). The van der Waals surface area contributed by atoms with Crippen LogP contribution in [0.15, 0.2) is 30.5 Å². The van der Waals surface area contributed by atoms with Crippen molar-refractivity contribution in [1.29, 1.82) is 0 Å². The predicted octanol–water partition coefficient (Wildman–Crippen LogP) is 4.73. The average molecular weight is 316 g/mol. The molecule has 0 amide bonds. The van der Waals surface area contributed by atoms with Crippen LogP contribution in [0.1, 0.15) is 30.3 Å². The van der Waals surface area contributed by atoms with E-state index in [1.807, 2.05) is 38.1 Å². The van der Waals surface area contributed by atoms with Crippen LogP contribution in [0.4, 0.5) is 18.3 Å². The van der Waals surface area contributed by atoms with Crippen LogP contribution >= 0.6 is 11.3 Å². The molecule has 0 aliphatic rings. The van der Waals surface area contributed by atoms with E-state index in [2.05, 4.69) is 10.3 Å². The van der Waals surface area contributed by atoms with Crippen molar-refractivity contribution < 1.29 is 17.9 Å². The first-order chi connectivity index (χ1) is 9.90. The highest BCUT2D eigenvalue weighted by Gasteiger charge is 2.33. The normalized spacial score (nSPS) is 13.0. The minimum atomic E-state index is -4.35. The van der Waals surface area contributed by atoms with E-state index in [0.717, 1.165) is 17.5 Å². The van der Waals surface area contributed by atoms with Crippen LogP contribution in [0, 0.1) is 0 Å². The van der Waals surface area contributed by atoms with Crippen LogP contribution in [0.2, 0.25) is 0 Å². The number of hydrogen-bond acceptors (Lipinski definition) is 4. The number of ether oxygens (including phenoxy) is 1. The van der Waals surface area contributed by atoms with Gasteiger partial charge in [-0.1, -0.05) is 23.5 Å². The van der Waals surface area contributed by atoms with Crippen LogP contribution in [0.25, 0.3) is 0 Å². The number of hydrogen-bond donors (Lipinski definition) is 1. The lowest BCUT2D eigenvalue weighted by Gasteiger charge is -2.14. The quantitative estimate of drug-likeness (QED) is 0.865. The zero-order chi connectivity index (χ0) is 15.5. The van der Waals surface area contributed by atoms with Gasteiger partial charge in [-0.3, -0.25) is 0 Å². The minimum Gasteiger partial charge on any atom is -0.494 e. The molecule has 1 atom stereocenters. The molecule has 2 aromatic rings. The molecule has 7 heteroatoms. The Bertz CT molecular complexity index is 598. The third-order valence-corrected chi connectivity index (χ3v) is 3.77. The Labute approximate surface area is 124 Å². The van der Waals surface area contributed by atoms with E-state index >= 15 is 0 Å². The van der Waals surface area contributed by atoms with Crippen molar-refractivity contribution in [3.05, 3.63) is 40.9 Å². The fraction of sp³-hybridized carbons (Fsp3) is 0.357. The number of rotatable bonds is 5. The second-order valence-corrected chi connectivity index (χ2v) is 5.43. The van der Waals surface area contributed by atoms with Crippen molar-refractivity contribution in [3.8, 4) is 5.75 Å². The van der Waals surface area contributed by atoms with Gasteiger partial charge in [-0.05, 0) is 31.5 Å². The Morgan fingerprint density at radius 1 is 1.38 bits per heavy atom. The van der Waals surface area contributed by atoms with Crippen molar-refractivity contribution in [1.82, 2.24) is 4.98 Å². The first kappa shape index (κ1) is 15.6. The number of thiazole rings is 1. The maximum absolute atomic E-state index is 12.5. The average Bonchev–Trinajstić information content (AvgIpc) is 2.88. The highest BCUT2D eigenvalue weighted by atomic mass is 32.1. The van der Waals surface area contributed by atoms with Gasteiger partial charge in [-0.2, -0.15) is 13.2 Å². The number of aromatic nitrogens is 1. The third kappa shape index (κ3) is 4.10. The van der Waals surface area contributed by atoms with Crippen molar-refractivity contribution in [3.63, 3.8) is 0 Å². The number of anilines is 1. The first-order valence-electron chi connectivity index (χ1n) is 6.42. The van der Waals surface area contributed by atoms with Crippen molar-refractivity contribution >= 4 is 16.5 Å². The number of alkyl halides is 3. The van der Waals surface area contributed by atoms with Gasteiger partial charge >= 0.3 is 6.18 Å². The zero-order valence-electron chi connectivity index (χ0n) is 11.6. The van der Waals surface area contributed by atoms with Crippen molar-refractivity contribution in [2.45, 2.75) is 26.1 Å². The van der Waals surface area contributed by atoms with E-state index in [1.54, 1.807) is 0 Å². The van der Waals surface area contributed by atoms with Gasteiger partial charge in [0.15, 0.2) is 5.13 Å². The molecule has 0 bridgehead atoms. The van der Waals surface area contributed by atoms with Gasteiger partial charge in [-0.25, -0.2) is 4.98 Å². The molecule has 0 saturated carbocycles. The second-order valence-electron chi connectivity index (χ2n) is 4.40. The molecular weight excluding hydrogens is 301 g/mol. The largest absolute Gasteiger partial charge is 0.494 e. The predicted molar refractivity (Wildman–Crippen MR) is 76.8 cm³/mol. The third-order valence-electron chi connectivity index (χ3n) is 2.79. The molecule has 21 heavy (non-hydrogen) atoms.